The maximum Gasteiger partial charge on any atom is 0.407 e. The molecule has 9 rings (SSSR count). The Morgan fingerprint density at radius 2 is 1.10 bits per heavy atom. The van der Waals surface area contributed by atoms with Crippen LogP contribution in [0.5, 0.6) is 11.5 Å². The molecule has 332 valence electrons. The van der Waals surface area contributed by atoms with Gasteiger partial charge in [-0.3, -0.25) is 9.59 Å². The van der Waals surface area contributed by atoms with Gasteiger partial charge in [0.25, 0.3) is 5.79 Å². The monoisotopic (exact) mass is 860 g/mol. The van der Waals surface area contributed by atoms with E-state index in [1.165, 1.54) is 14.2 Å². The lowest BCUT2D eigenvalue weighted by Crippen LogP contribution is -2.51. The molecule has 5 aromatic rings. The fourth-order valence-electron chi connectivity index (χ4n) is 9.83. The predicted octanol–water partition coefficient (Wildman–Crippen LogP) is 7.90. The molecule has 2 saturated heterocycles. The van der Waals surface area contributed by atoms with Gasteiger partial charge in [0.05, 0.1) is 48.4 Å². The van der Waals surface area contributed by atoms with Crippen LogP contribution in [0.15, 0.2) is 48.5 Å². The van der Waals surface area contributed by atoms with E-state index in [9.17, 15) is 19.2 Å². The van der Waals surface area contributed by atoms with Gasteiger partial charge in [0.15, 0.2) is 11.5 Å². The Morgan fingerprint density at radius 3 is 1.49 bits per heavy atom. The van der Waals surface area contributed by atoms with Crippen molar-refractivity contribution in [1.29, 1.82) is 0 Å². The third kappa shape index (κ3) is 7.77. The van der Waals surface area contributed by atoms with Crippen molar-refractivity contribution in [2.24, 2.45) is 11.8 Å². The number of fused-ring (bicyclic) bond motifs is 3. The molecule has 16 heteroatoms. The highest BCUT2D eigenvalue weighted by atomic mass is 16.7. The van der Waals surface area contributed by atoms with Gasteiger partial charge < -0.3 is 49.3 Å². The number of ether oxygens (including phenoxy) is 4. The van der Waals surface area contributed by atoms with E-state index in [4.69, 9.17) is 28.9 Å². The molecule has 16 nitrogen and oxygen atoms in total. The zero-order chi connectivity index (χ0) is 44.2. The van der Waals surface area contributed by atoms with E-state index in [0.29, 0.717) is 36.2 Å². The second-order valence-electron chi connectivity index (χ2n) is 17.9. The molecule has 3 aromatic carbocycles. The van der Waals surface area contributed by atoms with Crippen molar-refractivity contribution in [2.75, 3.05) is 27.3 Å². The molecule has 1 spiro atoms. The summed E-state index contributed by atoms with van der Waals surface area (Å²) in [4.78, 5) is 72.4. The van der Waals surface area contributed by atoms with Crippen LogP contribution in [-0.4, -0.2) is 98.9 Å². The van der Waals surface area contributed by atoms with E-state index in [-0.39, 0.29) is 35.7 Å². The number of hydrogen-bond donors (Lipinski definition) is 4. The molecule has 0 bridgehead atoms. The molecule has 4 amide bonds. The normalized spacial score (nSPS) is 20.0. The van der Waals surface area contributed by atoms with Crippen LogP contribution in [0.2, 0.25) is 0 Å². The van der Waals surface area contributed by atoms with Crippen molar-refractivity contribution >= 4 is 46.1 Å². The van der Waals surface area contributed by atoms with Crippen molar-refractivity contribution in [3.8, 4) is 33.8 Å². The van der Waals surface area contributed by atoms with E-state index in [0.717, 1.165) is 95.7 Å². The van der Waals surface area contributed by atoms with Gasteiger partial charge in [0.1, 0.15) is 23.7 Å². The van der Waals surface area contributed by atoms with Crippen LogP contribution >= 0.6 is 0 Å². The Balaban J connectivity index is 1.01. The molecule has 4 aliphatic rings. The molecule has 3 fully saturated rings. The summed E-state index contributed by atoms with van der Waals surface area (Å²) in [7, 11) is 2.58. The summed E-state index contributed by atoms with van der Waals surface area (Å²) in [5.41, 5.74) is 6.92. The van der Waals surface area contributed by atoms with Gasteiger partial charge in [-0.15, -0.1) is 0 Å². The molecule has 1 aliphatic carbocycles. The van der Waals surface area contributed by atoms with Gasteiger partial charge in [-0.25, -0.2) is 19.6 Å². The summed E-state index contributed by atoms with van der Waals surface area (Å²) in [5.74, 6) is 1.51. The molecule has 4 atom stereocenters. The molecule has 4 N–H and O–H groups in total. The topological polar surface area (TPSA) is 193 Å². The fourth-order valence-corrected chi connectivity index (χ4v) is 9.83. The van der Waals surface area contributed by atoms with E-state index >= 15 is 0 Å². The number of H-pyrrole nitrogens is 2. The molecular formula is C47H56N8O8. The van der Waals surface area contributed by atoms with E-state index in [2.05, 4.69) is 44.9 Å². The largest absolute Gasteiger partial charge is 0.453 e. The van der Waals surface area contributed by atoms with E-state index < -0.39 is 30.1 Å². The molecule has 0 radical (unpaired) electrons. The fraction of sp³-hybridized carbons (Fsp3) is 0.489. The number of methoxy groups -OCH3 is 2. The van der Waals surface area contributed by atoms with Crippen LogP contribution in [0.25, 0.3) is 44.3 Å². The number of benzene rings is 3. The summed E-state index contributed by atoms with van der Waals surface area (Å²) < 4.78 is 23.3. The standard InChI is InChI=1S/C47H56N8O8/c1-25(2)37(52-45(58)60-5)43(56)54-21-9-11-35(54)41-48-31-17-13-27(23-33(31)50-41)29-15-16-30(40-39(29)62-47(63-40)19-7-8-20-47)28-14-18-32-34(24-28)51-42(49-32)36-12-10-22-55(36)44(57)38(26(3)4)53-46(59)61-6/h13-18,23-26,35-38H,7-12,19-22H2,1-6H3,(H,48,50)(H,49,51)(H,52,58)(H,53,59). The van der Waals surface area contributed by atoms with Gasteiger partial charge in [0.2, 0.25) is 11.8 Å². The second kappa shape index (κ2) is 16.8. The molecule has 4 unspecified atom stereocenters. The smallest absolute Gasteiger partial charge is 0.407 e. The Bertz CT molecular complexity index is 2410. The first kappa shape index (κ1) is 42.0. The zero-order valence-electron chi connectivity index (χ0n) is 36.7. The number of nitrogens with zero attached hydrogens (tertiary/aromatic N) is 4. The predicted molar refractivity (Wildman–Crippen MR) is 235 cm³/mol. The number of aromatic nitrogens is 4. The van der Waals surface area contributed by atoms with Crippen LogP contribution in [-0.2, 0) is 19.1 Å². The quantitative estimate of drug-likeness (QED) is 0.107. The maximum absolute atomic E-state index is 13.8. The number of carbonyl (C=O) groups is 4. The number of aromatic amines is 2. The molecule has 3 aliphatic heterocycles. The van der Waals surface area contributed by atoms with Crippen LogP contribution < -0.4 is 20.1 Å². The van der Waals surface area contributed by atoms with Crippen molar-refractivity contribution in [3.63, 3.8) is 0 Å². The van der Waals surface area contributed by atoms with Crippen LogP contribution in [0.4, 0.5) is 9.59 Å². The first-order valence-corrected chi connectivity index (χ1v) is 22.2. The first-order chi connectivity index (χ1) is 30.4. The summed E-state index contributed by atoms with van der Waals surface area (Å²) in [5, 5.41) is 5.44. The van der Waals surface area contributed by atoms with Gasteiger partial charge in [0, 0.05) is 37.1 Å². The Morgan fingerprint density at radius 1 is 0.667 bits per heavy atom. The summed E-state index contributed by atoms with van der Waals surface area (Å²) >= 11 is 0. The highest BCUT2D eigenvalue weighted by molar-refractivity contribution is 5.91. The molecule has 5 heterocycles. The summed E-state index contributed by atoms with van der Waals surface area (Å²) in [6, 6.07) is 14.4. The number of alkyl carbamates (subject to hydrolysis) is 2. The third-order valence-corrected chi connectivity index (χ3v) is 13.2. The number of hydrogen-bond acceptors (Lipinski definition) is 10. The van der Waals surface area contributed by atoms with Gasteiger partial charge >= 0.3 is 12.2 Å². The molecule has 2 aromatic heterocycles. The zero-order valence-corrected chi connectivity index (χ0v) is 36.7. The van der Waals surface area contributed by atoms with Crippen LogP contribution in [0.1, 0.15) is 103 Å². The number of likely N-dealkylation sites (tertiary alicyclic amines) is 2. The Hall–Kier alpha value is -6.32. The van der Waals surface area contributed by atoms with Crippen molar-refractivity contribution < 1.29 is 38.1 Å². The molecular weight excluding hydrogens is 805 g/mol. The highest BCUT2D eigenvalue weighted by Crippen LogP contribution is 2.55. The number of amides is 4. The average Bonchev–Trinajstić information content (AvgIpc) is 4.14. The first-order valence-electron chi connectivity index (χ1n) is 22.2. The Kier molecular flexibility index (Phi) is 11.2. The third-order valence-electron chi connectivity index (χ3n) is 13.2. The number of carbonyl (C=O) groups excluding carboxylic acids is 4. The van der Waals surface area contributed by atoms with Crippen LogP contribution in [0.3, 0.4) is 0 Å². The Labute approximate surface area is 365 Å². The van der Waals surface area contributed by atoms with E-state index in [1.807, 2.05) is 61.8 Å². The van der Waals surface area contributed by atoms with Gasteiger partial charge in [-0.1, -0.05) is 39.8 Å². The molecule has 1 saturated carbocycles. The summed E-state index contributed by atoms with van der Waals surface area (Å²) in [6.07, 6.45) is 5.49. The minimum absolute atomic E-state index is 0.130. The van der Waals surface area contributed by atoms with Gasteiger partial charge in [-0.2, -0.15) is 0 Å². The lowest BCUT2D eigenvalue weighted by molar-refractivity contribution is -0.136. The highest BCUT2D eigenvalue weighted by Gasteiger charge is 2.46. The lowest BCUT2D eigenvalue weighted by Gasteiger charge is -2.29. The lowest BCUT2D eigenvalue weighted by atomic mass is 9.97. The van der Waals surface area contributed by atoms with Crippen molar-refractivity contribution in [1.82, 2.24) is 40.4 Å². The summed E-state index contributed by atoms with van der Waals surface area (Å²) in [6.45, 7) is 8.75. The average molecular weight is 861 g/mol. The van der Waals surface area contributed by atoms with Crippen molar-refractivity contribution in [3.05, 3.63) is 60.2 Å². The second-order valence-corrected chi connectivity index (χ2v) is 17.9. The molecule has 63 heavy (non-hydrogen) atoms. The van der Waals surface area contributed by atoms with Crippen molar-refractivity contribution in [2.45, 2.75) is 109 Å². The SMILES string of the molecule is COC(=O)NC(C(=O)N1CCCC1c1nc2ccc(-c3ccc(-c4ccc5nc(C6CCCN6C(=O)C(NC(=O)OC)C(C)C)[nH]c5c4)c4c3OC3(CCCC3)O4)cc2[nH]1)C(C)C. The maximum atomic E-state index is 13.8. The minimum Gasteiger partial charge on any atom is -0.453 e. The number of rotatable bonds is 10. The minimum atomic E-state index is -0.728. The van der Waals surface area contributed by atoms with Gasteiger partial charge in [-0.05, 0) is 97.9 Å². The van der Waals surface area contributed by atoms with Crippen LogP contribution in [0, 0.1) is 11.8 Å². The number of imidazole rings is 2. The number of nitrogens with one attached hydrogen (secondary N) is 4. The van der Waals surface area contributed by atoms with E-state index in [1.54, 1.807) is 0 Å².